The number of benzene rings is 2. The molecular formula is C21H21N5O3. The Morgan fingerprint density at radius 2 is 1.76 bits per heavy atom. The van der Waals surface area contributed by atoms with Crippen molar-refractivity contribution in [1.29, 1.82) is 0 Å². The van der Waals surface area contributed by atoms with Gasteiger partial charge >= 0.3 is 0 Å². The number of carbonyl (C=O) groups excluding carboxylic acids is 1. The van der Waals surface area contributed by atoms with Crippen LogP contribution in [0.4, 0.5) is 5.69 Å². The van der Waals surface area contributed by atoms with Gasteiger partial charge in [-0.3, -0.25) is 19.8 Å². The highest BCUT2D eigenvalue weighted by Crippen LogP contribution is 2.17. The smallest absolute Gasteiger partial charge is 0.274 e. The molecular weight excluding hydrogens is 370 g/mol. The minimum Gasteiger partial charge on any atom is -0.335 e. The van der Waals surface area contributed by atoms with Crippen molar-refractivity contribution in [2.75, 3.05) is 26.2 Å². The van der Waals surface area contributed by atoms with E-state index in [0.29, 0.717) is 24.5 Å². The van der Waals surface area contributed by atoms with Gasteiger partial charge in [-0.2, -0.15) is 5.10 Å². The van der Waals surface area contributed by atoms with Crippen LogP contribution in [-0.2, 0) is 6.54 Å². The number of rotatable bonds is 5. The summed E-state index contributed by atoms with van der Waals surface area (Å²) in [5.74, 6) is -0.117. The second-order valence-electron chi connectivity index (χ2n) is 6.98. The van der Waals surface area contributed by atoms with E-state index < -0.39 is 4.92 Å². The average Bonchev–Trinajstić information content (AvgIpc) is 3.25. The molecule has 1 aromatic heterocycles. The van der Waals surface area contributed by atoms with Gasteiger partial charge in [0.25, 0.3) is 11.6 Å². The summed E-state index contributed by atoms with van der Waals surface area (Å²) in [7, 11) is 0. The van der Waals surface area contributed by atoms with Crippen LogP contribution < -0.4 is 0 Å². The Hall–Kier alpha value is -3.52. The van der Waals surface area contributed by atoms with Gasteiger partial charge < -0.3 is 4.90 Å². The molecule has 0 saturated carbocycles. The molecule has 1 aliphatic rings. The first-order valence-electron chi connectivity index (χ1n) is 9.46. The quantitative estimate of drug-likeness (QED) is 0.493. The zero-order valence-electron chi connectivity index (χ0n) is 15.8. The van der Waals surface area contributed by atoms with Gasteiger partial charge in [0.05, 0.1) is 10.6 Å². The molecule has 3 aromatic rings. The number of aromatic nitrogens is 2. The van der Waals surface area contributed by atoms with Gasteiger partial charge in [-0.05, 0) is 17.7 Å². The first-order chi connectivity index (χ1) is 14.1. The van der Waals surface area contributed by atoms with Crippen molar-refractivity contribution in [2.45, 2.75) is 6.54 Å². The zero-order chi connectivity index (χ0) is 20.2. The molecule has 8 heteroatoms. The van der Waals surface area contributed by atoms with Gasteiger partial charge in [0.15, 0.2) is 5.69 Å². The van der Waals surface area contributed by atoms with E-state index in [0.717, 1.165) is 19.6 Å². The van der Waals surface area contributed by atoms with Crippen LogP contribution in [0.1, 0.15) is 16.1 Å². The fraction of sp³-hybridized carbons (Fsp3) is 0.238. The van der Waals surface area contributed by atoms with E-state index in [2.05, 4.69) is 22.1 Å². The van der Waals surface area contributed by atoms with Gasteiger partial charge in [-0.1, -0.05) is 36.4 Å². The molecule has 0 radical (unpaired) electrons. The average molecular weight is 391 g/mol. The maximum atomic E-state index is 12.8. The van der Waals surface area contributed by atoms with Gasteiger partial charge in [0, 0.05) is 51.1 Å². The van der Waals surface area contributed by atoms with Crippen molar-refractivity contribution in [3.05, 3.63) is 88.2 Å². The van der Waals surface area contributed by atoms with E-state index >= 15 is 0 Å². The van der Waals surface area contributed by atoms with E-state index in [4.69, 9.17) is 0 Å². The highest BCUT2D eigenvalue weighted by atomic mass is 16.6. The predicted octanol–water partition coefficient (Wildman–Crippen LogP) is 2.74. The standard InChI is InChI=1S/C21H21N5O3/c27-21(24-13-11-23(12-14-24)16-17-5-2-1-3-6-17)20-9-10-25(22-20)18-7-4-8-19(15-18)26(28)29/h1-10,15H,11-14,16H2. The van der Waals surface area contributed by atoms with E-state index in [1.165, 1.54) is 22.4 Å². The molecule has 2 heterocycles. The molecule has 29 heavy (non-hydrogen) atoms. The van der Waals surface area contributed by atoms with E-state index in [1.807, 2.05) is 23.1 Å². The SMILES string of the molecule is O=C(c1ccn(-c2cccc([N+](=O)[O-])c2)n1)N1CCN(Cc2ccccc2)CC1. The third-order valence-corrected chi connectivity index (χ3v) is 5.02. The summed E-state index contributed by atoms with van der Waals surface area (Å²) in [4.78, 5) is 27.5. The number of piperazine rings is 1. The van der Waals surface area contributed by atoms with Crippen LogP contribution >= 0.6 is 0 Å². The van der Waals surface area contributed by atoms with Crippen molar-refractivity contribution in [1.82, 2.24) is 19.6 Å². The van der Waals surface area contributed by atoms with Crippen LogP contribution in [0.5, 0.6) is 0 Å². The summed E-state index contributed by atoms with van der Waals surface area (Å²) in [6.07, 6.45) is 1.65. The van der Waals surface area contributed by atoms with E-state index in [-0.39, 0.29) is 11.6 Å². The molecule has 2 aromatic carbocycles. The highest BCUT2D eigenvalue weighted by molar-refractivity contribution is 5.92. The monoisotopic (exact) mass is 391 g/mol. The summed E-state index contributed by atoms with van der Waals surface area (Å²) < 4.78 is 1.49. The van der Waals surface area contributed by atoms with Crippen LogP contribution in [0.15, 0.2) is 66.9 Å². The third kappa shape index (κ3) is 4.33. The molecule has 0 N–H and O–H groups in total. The van der Waals surface area contributed by atoms with Crippen molar-refractivity contribution < 1.29 is 9.72 Å². The number of non-ortho nitro benzene ring substituents is 1. The zero-order valence-corrected chi connectivity index (χ0v) is 15.8. The molecule has 1 saturated heterocycles. The van der Waals surface area contributed by atoms with Crippen LogP contribution in [-0.4, -0.2) is 56.6 Å². The second-order valence-corrected chi connectivity index (χ2v) is 6.98. The Bertz CT molecular complexity index is 1010. The van der Waals surface area contributed by atoms with Crippen molar-refractivity contribution in [3.8, 4) is 5.69 Å². The highest BCUT2D eigenvalue weighted by Gasteiger charge is 2.24. The number of hydrogen-bond donors (Lipinski definition) is 0. The summed E-state index contributed by atoms with van der Waals surface area (Å²) in [6, 6.07) is 18.1. The summed E-state index contributed by atoms with van der Waals surface area (Å²) in [6.45, 7) is 3.80. The molecule has 0 bridgehead atoms. The summed E-state index contributed by atoms with van der Waals surface area (Å²) >= 11 is 0. The van der Waals surface area contributed by atoms with Crippen LogP contribution in [0.3, 0.4) is 0 Å². The molecule has 8 nitrogen and oxygen atoms in total. The molecule has 1 fully saturated rings. The lowest BCUT2D eigenvalue weighted by atomic mass is 10.2. The molecule has 0 unspecified atom stereocenters. The first kappa shape index (κ1) is 18.8. The number of nitro groups is 1. The summed E-state index contributed by atoms with van der Waals surface area (Å²) in [5, 5.41) is 15.3. The van der Waals surface area contributed by atoms with Crippen LogP contribution in [0, 0.1) is 10.1 Å². The number of hydrogen-bond acceptors (Lipinski definition) is 5. The van der Waals surface area contributed by atoms with Crippen molar-refractivity contribution in [2.24, 2.45) is 0 Å². The lowest BCUT2D eigenvalue weighted by Gasteiger charge is -2.34. The lowest BCUT2D eigenvalue weighted by molar-refractivity contribution is -0.384. The molecule has 4 rings (SSSR count). The minimum absolute atomic E-state index is 0.0135. The van der Waals surface area contributed by atoms with E-state index in [1.54, 1.807) is 24.4 Å². The Morgan fingerprint density at radius 1 is 1.00 bits per heavy atom. The number of amides is 1. The van der Waals surface area contributed by atoms with Crippen molar-refractivity contribution >= 4 is 11.6 Å². The third-order valence-electron chi connectivity index (χ3n) is 5.02. The first-order valence-corrected chi connectivity index (χ1v) is 9.46. The van der Waals surface area contributed by atoms with Gasteiger partial charge in [0.2, 0.25) is 0 Å². The Labute approximate surface area is 168 Å². The lowest BCUT2D eigenvalue weighted by Crippen LogP contribution is -2.48. The molecule has 1 aliphatic heterocycles. The Morgan fingerprint density at radius 3 is 2.48 bits per heavy atom. The largest absolute Gasteiger partial charge is 0.335 e. The van der Waals surface area contributed by atoms with E-state index in [9.17, 15) is 14.9 Å². The van der Waals surface area contributed by atoms with Crippen molar-refractivity contribution in [3.63, 3.8) is 0 Å². The minimum atomic E-state index is -0.450. The maximum Gasteiger partial charge on any atom is 0.274 e. The molecule has 1 amide bonds. The predicted molar refractivity (Wildman–Crippen MR) is 108 cm³/mol. The number of nitrogens with zero attached hydrogens (tertiary/aromatic N) is 5. The molecule has 0 atom stereocenters. The van der Waals surface area contributed by atoms with Gasteiger partial charge in [-0.15, -0.1) is 0 Å². The van der Waals surface area contributed by atoms with Gasteiger partial charge in [-0.25, -0.2) is 4.68 Å². The van der Waals surface area contributed by atoms with Crippen LogP contribution in [0.25, 0.3) is 5.69 Å². The topological polar surface area (TPSA) is 84.5 Å². The fourth-order valence-corrected chi connectivity index (χ4v) is 3.44. The number of nitro benzene ring substituents is 1. The van der Waals surface area contributed by atoms with Gasteiger partial charge in [0.1, 0.15) is 0 Å². The Balaban J connectivity index is 1.38. The maximum absolute atomic E-state index is 12.8. The molecule has 0 aliphatic carbocycles. The fourth-order valence-electron chi connectivity index (χ4n) is 3.44. The molecule has 148 valence electrons. The summed E-state index contributed by atoms with van der Waals surface area (Å²) in [5.41, 5.74) is 2.14. The number of carbonyl (C=O) groups is 1. The molecule has 0 spiro atoms. The second kappa shape index (κ2) is 8.24. The Kier molecular flexibility index (Phi) is 5.35. The van der Waals surface area contributed by atoms with Crippen LogP contribution in [0.2, 0.25) is 0 Å². The normalized spacial score (nSPS) is 14.7.